The SMILES string of the molecule is COc1ccc(S(=O)(=O)NCC(=O)O)cc1SP(=O)(OC)OC. The van der Waals surface area contributed by atoms with Crippen LogP contribution in [0.3, 0.4) is 0 Å². The molecule has 0 heterocycles. The van der Waals surface area contributed by atoms with E-state index in [1.807, 2.05) is 4.72 Å². The lowest BCUT2D eigenvalue weighted by Crippen LogP contribution is -2.29. The van der Waals surface area contributed by atoms with Crippen LogP contribution in [-0.2, 0) is 28.4 Å². The van der Waals surface area contributed by atoms with Crippen molar-refractivity contribution in [2.75, 3.05) is 27.9 Å². The van der Waals surface area contributed by atoms with Crippen LogP contribution in [0.5, 0.6) is 5.75 Å². The molecule has 0 radical (unpaired) electrons. The topological polar surface area (TPSA) is 128 Å². The maximum atomic E-state index is 12.2. The summed E-state index contributed by atoms with van der Waals surface area (Å²) in [5.41, 5.74) is 0. The molecule has 0 aromatic heterocycles. The number of hydrogen-bond donors (Lipinski definition) is 2. The highest BCUT2D eigenvalue weighted by atomic mass is 32.7. The highest BCUT2D eigenvalue weighted by Gasteiger charge is 2.27. The first kappa shape index (κ1) is 19.9. The zero-order chi connectivity index (χ0) is 17.7. The van der Waals surface area contributed by atoms with E-state index in [0.29, 0.717) is 11.4 Å². The minimum atomic E-state index is -4.04. The van der Waals surface area contributed by atoms with Crippen LogP contribution in [0.1, 0.15) is 0 Å². The van der Waals surface area contributed by atoms with Gasteiger partial charge in [-0.1, -0.05) is 0 Å². The quantitative estimate of drug-likeness (QED) is 0.608. The molecule has 1 aromatic rings. The average Bonchev–Trinajstić information content (AvgIpc) is 2.52. The first-order valence-corrected chi connectivity index (χ1v) is 10.4. The van der Waals surface area contributed by atoms with Gasteiger partial charge < -0.3 is 18.9 Å². The Bertz CT molecular complexity index is 713. The minimum absolute atomic E-state index is 0.206. The summed E-state index contributed by atoms with van der Waals surface area (Å²) in [5, 5.41) is 8.56. The Morgan fingerprint density at radius 2 is 1.91 bits per heavy atom. The van der Waals surface area contributed by atoms with Gasteiger partial charge in [-0.05, 0) is 29.6 Å². The van der Waals surface area contributed by atoms with Crippen molar-refractivity contribution in [3.8, 4) is 5.75 Å². The van der Waals surface area contributed by atoms with Crippen molar-refractivity contribution in [1.29, 1.82) is 0 Å². The molecule has 2 N–H and O–H groups in total. The van der Waals surface area contributed by atoms with Crippen molar-refractivity contribution in [2.45, 2.75) is 9.79 Å². The number of methoxy groups -OCH3 is 1. The van der Waals surface area contributed by atoms with Gasteiger partial charge in [-0.25, -0.2) is 13.0 Å². The van der Waals surface area contributed by atoms with Gasteiger partial charge in [0, 0.05) is 14.2 Å². The molecule has 1 rings (SSSR count). The number of aliphatic carboxylic acids is 1. The van der Waals surface area contributed by atoms with Crippen LogP contribution in [0.25, 0.3) is 0 Å². The Morgan fingerprint density at radius 1 is 1.30 bits per heavy atom. The number of carboxylic acids is 1. The molecule has 0 aliphatic rings. The molecule has 0 fully saturated rings. The second-order valence-electron chi connectivity index (χ2n) is 3.93. The van der Waals surface area contributed by atoms with Gasteiger partial charge in [0.15, 0.2) is 0 Å². The average molecular weight is 385 g/mol. The number of hydrogen-bond acceptors (Lipinski definition) is 8. The Balaban J connectivity index is 3.22. The third kappa shape index (κ3) is 5.48. The Morgan fingerprint density at radius 3 is 2.39 bits per heavy atom. The zero-order valence-electron chi connectivity index (χ0n) is 12.5. The van der Waals surface area contributed by atoms with Crippen LogP contribution in [0, 0.1) is 0 Å². The van der Waals surface area contributed by atoms with Crippen LogP contribution >= 0.6 is 18.2 Å². The fourth-order valence-electron chi connectivity index (χ4n) is 1.41. The van der Waals surface area contributed by atoms with Crippen molar-refractivity contribution >= 4 is 34.2 Å². The maximum absolute atomic E-state index is 12.2. The first-order chi connectivity index (χ1) is 10.7. The van der Waals surface area contributed by atoms with E-state index in [4.69, 9.17) is 18.9 Å². The molecule has 0 aliphatic carbocycles. The Kier molecular flexibility index (Phi) is 7.05. The third-order valence-corrected chi connectivity index (χ3v) is 7.70. The third-order valence-electron chi connectivity index (χ3n) is 2.52. The molecule has 23 heavy (non-hydrogen) atoms. The fraction of sp³-hybridized carbons (Fsp3) is 0.364. The molecule has 0 bridgehead atoms. The van der Waals surface area contributed by atoms with Gasteiger partial charge in [0.1, 0.15) is 12.3 Å². The van der Waals surface area contributed by atoms with E-state index in [1.165, 1.54) is 39.5 Å². The highest BCUT2D eigenvalue weighted by molar-refractivity contribution is 8.55. The largest absolute Gasteiger partial charge is 0.496 e. The second kappa shape index (κ2) is 8.13. The number of sulfonamides is 1. The van der Waals surface area contributed by atoms with E-state index in [-0.39, 0.29) is 15.5 Å². The lowest BCUT2D eigenvalue weighted by molar-refractivity contribution is -0.135. The van der Waals surface area contributed by atoms with Crippen LogP contribution in [0.2, 0.25) is 0 Å². The summed E-state index contributed by atoms with van der Waals surface area (Å²) >= 11 is 0.674. The number of nitrogens with one attached hydrogen (secondary N) is 1. The number of carbonyl (C=O) groups is 1. The molecule has 0 saturated heterocycles. The van der Waals surface area contributed by atoms with Gasteiger partial charge in [0.2, 0.25) is 10.0 Å². The van der Waals surface area contributed by atoms with Gasteiger partial charge in [-0.15, -0.1) is 0 Å². The maximum Gasteiger partial charge on any atom is 0.393 e. The van der Waals surface area contributed by atoms with Gasteiger partial charge in [-0.3, -0.25) is 4.79 Å². The summed E-state index contributed by atoms with van der Waals surface area (Å²) in [7, 11) is -0.295. The van der Waals surface area contributed by atoms with E-state index in [1.54, 1.807) is 0 Å². The lowest BCUT2D eigenvalue weighted by atomic mass is 10.3. The molecular formula is C11H16NO8PS2. The van der Waals surface area contributed by atoms with E-state index < -0.39 is 29.3 Å². The first-order valence-electron chi connectivity index (χ1n) is 5.98. The molecule has 0 atom stereocenters. The van der Waals surface area contributed by atoms with Crippen molar-refractivity contribution in [1.82, 2.24) is 4.72 Å². The summed E-state index contributed by atoms with van der Waals surface area (Å²) in [6, 6.07) is 3.78. The number of benzene rings is 1. The van der Waals surface area contributed by atoms with Gasteiger partial charge >= 0.3 is 12.8 Å². The molecule has 0 spiro atoms. The van der Waals surface area contributed by atoms with Crippen LogP contribution in [0.15, 0.2) is 28.0 Å². The van der Waals surface area contributed by atoms with E-state index in [2.05, 4.69) is 0 Å². The smallest absolute Gasteiger partial charge is 0.393 e. The molecule has 0 amide bonds. The zero-order valence-corrected chi connectivity index (χ0v) is 15.0. The summed E-state index contributed by atoms with van der Waals surface area (Å²) < 4.78 is 52.8. The lowest BCUT2D eigenvalue weighted by Gasteiger charge is -2.15. The Labute approximate surface area is 137 Å². The molecule has 9 nitrogen and oxygen atoms in total. The molecule has 0 saturated carbocycles. The van der Waals surface area contributed by atoms with Crippen molar-refractivity contribution in [3.05, 3.63) is 18.2 Å². The monoisotopic (exact) mass is 385 g/mol. The molecule has 0 aliphatic heterocycles. The molecule has 1 aromatic carbocycles. The predicted octanol–water partition coefficient (Wildman–Crippen LogP) is 1.55. The highest BCUT2D eigenvalue weighted by Crippen LogP contribution is 2.64. The molecule has 12 heteroatoms. The van der Waals surface area contributed by atoms with Crippen LogP contribution in [-0.4, -0.2) is 47.4 Å². The second-order valence-corrected chi connectivity index (χ2v) is 9.84. The minimum Gasteiger partial charge on any atom is -0.496 e. The van der Waals surface area contributed by atoms with Crippen molar-refractivity contribution in [3.63, 3.8) is 0 Å². The fourth-order valence-corrected chi connectivity index (χ4v) is 5.04. The molecular weight excluding hydrogens is 369 g/mol. The van der Waals surface area contributed by atoms with Crippen molar-refractivity contribution < 1.29 is 36.7 Å². The summed E-state index contributed by atoms with van der Waals surface area (Å²) in [6.07, 6.45) is 0. The number of ether oxygens (including phenoxy) is 1. The molecule has 130 valence electrons. The van der Waals surface area contributed by atoms with Crippen LogP contribution in [0.4, 0.5) is 0 Å². The van der Waals surface area contributed by atoms with Crippen LogP contribution < -0.4 is 9.46 Å². The van der Waals surface area contributed by atoms with Gasteiger partial charge in [0.25, 0.3) is 0 Å². The number of rotatable bonds is 9. The van der Waals surface area contributed by atoms with Crippen molar-refractivity contribution in [2.24, 2.45) is 0 Å². The van der Waals surface area contributed by atoms with E-state index in [9.17, 15) is 17.8 Å². The van der Waals surface area contributed by atoms with Gasteiger partial charge in [0.05, 0.1) is 16.9 Å². The van der Waals surface area contributed by atoms with Gasteiger partial charge in [-0.2, -0.15) is 4.72 Å². The summed E-state index contributed by atoms with van der Waals surface area (Å²) in [4.78, 5) is 10.5. The number of carboxylic acid groups (broad SMARTS) is 1. The summed E-state index contributed by atoms with van der Waals surface area (Å²) in [6.45, 7) is -4.28. The Hall–Kier alpha value is -1.10. The predicted molar refractivity (Wildman–Crippen MR) is 83.3 cm³/mol. The standard InChI is InChI=1S/C11H16NO8PS2/c1-18-9-5-4-8(23(16,17)12-7-11(13)14)6-10(9)22-21(15,19-2)20-3/h4-6,12H,7H2,1-3H3,(H,13,14). The normalized spacial score (nSPS) is 12.1. The molecule has 0 unspecified atom stereocenters. The summed E-state index contributed by atoms with van der Waals surface area (Å²) in [5.74, 6) is -1.05. The van der Waals surface area contributed by atoms with E-state index in [0.717, 1.165) is 0 Å². The van der Waals surface area contributed by atoms with E-state index >= 15 is 0 Å².